The molecule has 0 aliphatic carbocycles. The van der Waals surface area contributed by atoms with E-state index in [-0.39, 0.29) is 0 Å². The van der Waals surface area contributed by atoms with Gasteiger partial charge >= 0.3 is 0 Å². The maximum absolute atomic E-state index is 2.39. The first-order valence-electron chi connectivity index (χ1n) is 19.5. The van der Waals surface area contributed by atoms with Gasteiger partial charge < -0.3 is 9.13 Å². The fourth-order valence-corrected chi connectivity index (χ4v) is 8.43. The molecule has 0 aliphatic rings. The molecule has 268 valence electrons. The van der Waals surface area contributed by atoms with Crippen LogP contribution in [0.25, 0.3) is 89.4 Å². The average molecular weight is 719 g/mol. The number of hydrogen-bond acceptors (Lipinski definition) is 0. The molecule has 0 saturated carbocycles. The van der Waals surface area contributed by atoms with Crippen LogP contribution in [0.1, 0.15) is 33.4 Å². The molecule has 0 saturated heterocycles. The highest BCUT2D eigenvalue weighted by Gasteiger charge is 2.14. The lowest BCUT2D eigenvalue weighted by Crippen LogP contribution is -1.94. The van der Waals surface area contributed by atoms with Crippen LogP contribution in [0.15, 0.2) is 170 Å². The summed E-state index contributed by atoms with van der Waals surface area (Å²) >= 11 is 0. The summed E-state index contributed by atoms with van der Waals surface area (Å²) < 4.78 is 4.78. The summed E-state index contributed by atoms with van der Waals surface area (Å²) in [4.78, 5) is 0. The summed E-state index contributed by atoms with van der Waals surface area (Å²) in [6, 6.07) is 62.7. The Bertz CT molecular complexity index is 2780. The first-order chi connectivity index (χ1) is 27.4. The summed E-state index contributed by atoms with van der Waals surface area (Å²) in [6.45, 7) is 8.67. The summed E-state index contributed by atoms with van der Waals surface area (Å²) in [6.07, 6.45) is 4.38. The lowest BCUT2D eigenvalue weighted by Gasteiger charge is -2.10. The summed E-state index contributed by atoms with van der Waals surface area (Å²) in [5, 5.41) is 5.22. The lowest BCUT2D eigenvalue weighted by atomic mass is 10.0. The fraction of sp³-hybridized carbons (Fsp3) is 0.0741. The number of fused-ring (bicyclic) bond motifs is 6. The van der Waals surface area contributed by atoms with Crippen molar-refractivity contribution in [3.05, 3.63) is 203 Å². The second-order valence-electron chi connectivity index (χ2n) is 15.4. The van der Waals surface area contributed by atoms with E-state index < -0.39 is 0 Å². The van der Waals surface area contributed by atoms with Gasteiger partial charge in [0.25, 0.3) is 0 Å². The van der Waals surface area contributed by atoms with Crippen LogP contribution < -0.4 is 0 Å². The second-order valence-corrected chi connectivity index (χ2v) is 15.4. The molecule has 0 N–H and O–H groups in total. The molecule has 2 aromatic heterocycles. The van der Waals surface area contributed by atoms with Crippen LogP contribution in [0.3, 0.4) is 0 Å². The Morgan fingerprint density at radius 2 is 0.536 bits per heavy atom. The van der Waals surface area contributed by atoms with Crippen molar-refractivity contribution in [2.45, 2.75) is 27.7 Å². The van der Waals surface area contributed by atoms with Gasteiger partial charge in [-0.25, -0.2) is 0 Å². The van der Waals surface area contributed by atoms with Crippen LogP contribution in [0.5, 0.6) is 0 Å². The molecule has 0 fully saturated rings. The van der Waals surface area contributed by atoms with Crippen molar-refractivity contribution >= 4 is 55.8 Å². The number of rotatable bonds is 6. The van der Waals surface area contributed by atoms with Gasteiger partial charge in [0.05, 0.1) is 22.1 Å². The molecule has 0 unspecified atom stereocenters. The third kappa shape index (κ3) is 5.91. The van der Waals surface area contributed by atoms with Crippen molar-refractivity contribution in [2.24, 2.45) is 0 Å². The third-order valence-corrected chi connectivity index (χ3v) is 11.4. The smallest absolute Gasteiger partial charge is 0.0541 e. The summed E-state index contributed by atoms with van der Waals surface area (Å²) in [5.41, 5.74) is 19.6. The molecular formula is C54H42N2. The van der Waals surface area contributed by atoms with Gasteiger partial charge in [-0.15, -0.1) is 0 Å². The van der Waals surface area contributed by atoms with Crippen molar-refractivity contribution in [3.63, 3.8) is 0 Å². The van der Waals surface area contributed by atoms with Gasteiger partial charge in [-0.2, -0.15) is 0 Å². The van der Waals surface area contributed by atoms with Crippen molar-refractivity contribution < 1.29 is 0 Å². The number of hydrogen-bond donors (Lipinski definition) is 0. The van der Waals surface area contributed by atoms with Crippen LogP contribution in [-0.2, 0) is 0 Å². The van der Waals surface area contributed by atoms with E-state index in [1.54, 1.807) is 0 Å². The highest BCUT2D eigenvalue weighted by Crippen LogP contribution is 2.36. The zero-order valence-corrected chi connectivity index (χ0v) is 32.2. The van der Waals surface area contributed by atoms with E-state index in [9.17, 15) is 0 Å². The number of benzene rings is 8. The monoisotopic (exact) mass is 718 g/mol. The minimum absolute atomic E-state index is 1.17. The standard InChI is InChI=1S/C54H42N2/c1-35-5-27-51-47(31-35)48-32-36(2)6-28-52(48)55(51)45-23-19-43(20-24-45)41-15-11-39(12-16-41)9-10-40-13-17-42(18-14-40)44-21-25-46(26-22-44)56-53-29-7-37(3)33-49(53)50-34-38(4)8-30-54(50)56/h5-34H,1-4H3/b10-9+. The molecule has 10 aromatic rings. The zero-order valence-electron chi connectivity index (χ0n) is 32.2. The normalized spacial score (nSPS) is 11.9. The number of aryl methyl sites for hydroxylation is 4. The Balaban J connectivity index is 0.848. The second kappa shape index (κ2) is 13.4. The zero-order chi connectivity index (χ0) is 37.9. The van der Waals surface area contributed by atoms with Crippen molar-refractivity contribution in [1.82, 2.24) is 9.13 Å². The maximum atomic E-state index is 2.39. The van der Waals surface area contributed by atoms with Crippen LogP contribution in [0, 0.1) is 27.7 Å². The van der Waals surface area contributed by atoms with Gasteiger partial charge in [0.2, 0.25) is 0 Å². The lowest BCUT2D eigenvalue weighted by molar-refractivity contribution is 1.18. The summed E-state index contributed by atoms with van der Waals surface area (Å²) in [5.74, 6) is 0. The Morgan fingerprint density at radius 3 is 0.804 bits per heavy atom. The first-order valence-corrected chi connectivity index (χ1v) is 19.5. The van der Waals surface area contributed by atoms with Crippen LogP contribution in [-0.4, -0.2) is 9.13 Å². The highest BCUT2D eigenvalue weighted by atomic mass is 15.0. The predicted molar refractivity (Wildman–Crippen MR) is 240 cm³/mol. The van der Waals surface area contributed by atoms with Gasteiger partial charge in [0, 0.05) is 32.9 Å². The van der Waals surface area contributed by atoms with E-state index in [1.807, 2.05) is 0 Å². The molecule has 2 nitrogen and oxygen atoms in total. The predicted octanol–water partition coefficient (Wildman–Crippen LogP) is 14.6. The van der Waals surface area contributed by atoms with Crippen molar-refractivity contribution in [1.29, 1.82) is 0 Å². The molecule has 10 rings (SSSR count). The van der Waals surface area contributed by atoms with Crippen molar-refractivity contribution in [2.75, 3.05) is 0 Å². The third-order valence-electron chi connectivity index (χ3n) is 11.4. The van der Waals surface area contributed by atoms with E-state index in [1.165, 1.54) is 111 Å². The molecule has 2 heterocycles. The van der Waals surface area contributed by atoms with Gasteiger partial charge in [0.15, 0.2) is 0 Å². The number of nitrogens with zero attached hydrogens (tertiary/aromatic N) is 2. The van der Waals surface area contributed by atoms with E-state index in [0.717, 1.165) is 0 Å². The molecular weight excluding hydrogens is 677 g/mol. The van der Waals surface area contributed by atoms with Crippen LogP contribution >= 0.6 is 0 Å². The first kappa shape index (κ1) is 33.7. The Morgan fingerprint density at radius 1 is 0.286 bits per heavy atom. The molecule has 8 aromatic carbocycles. The van der Waals surface area contributed by atoms with Crippen molar-refractivity contribution in [3.8, 4) is 33.6 Å². The summed E-state index contributed by atoms with van der Waals surface area (Å²) in [7, 11) is 0. The molecule has 0 radical (unpaired) electrons. The Labute approximate surface area is 328 Å². The minimum Gasteiger partial charge on any atom is -0.309 e. The number of aromatic nitrogens is 2. The van der Waals surface area contributed by atoms with E-state index in [2.05, 4.69) is 219 Å². The fourth-order valence-electron chi connectivity index (χ4n) is 8.43. The molecule has 2 heteroatoms. The average Bonchev–Trinajstić information content (AvgIpc) is 3.71. The van der Waals surface area contributed by atoms with Gasteiger partial charge in [-0.05, 0) is 134 Å². The van der Waals surface area contributed by atoms with Crippen LogP contribution in [0.2, 0.25) is 0 Å². The molecule has 0 aliphatic heterocycles. The van der Waals surface area contributed by atoms with Gasteiger partial charge in [0.1, 0.15) is 0 Å². The van der Waals surface area contributed by atoms with E-state index >= 15 is 0 Å². The topological polar surface area (TPSA) is 9.86 Å². The Kier molecular flexibility index (Phi) is 8.08. The molecule has 56 heavy (non-hydrogen) atoms. The van der Waals surface area contributed by atoms with E-state index in [4.69, 9.17) is 0 Å². The Hall–Kier alpha value is -6.90. The molecule has 0 bridgehead atoms. The SMILES string of the molecule is Cc1ccc2c(c1)c1cc(C)ccc1n2-c1ccc(-c2ccc(/C=C/c3ccc(-c4ccc(-n5c6ccc(C)cc6c6cc(C)ccc65)cc4)cc3)cc2)cc1. The largest absolute Gasteiger partial charge is 0.309 e. The molecule has 0 amide bonds. The van der Waals surface area contributed by atoms with Crippen LogP contribution in [0.4, 0.5) is 0 Å². The quantitative estimate of drug-likeness (QED) is 0.152. The highest BCUT2D eigenvalue weighted by molar-refractivity contribution is 6.10. The molecule has 0 spiro atoms. The maximum Gasteiger partial charge on any atom is 0.0541 e. The van der Waals surface area contributed by atoms with E-state index in [0.29, 0.717) is 0 Å². The minimum atomic E-state index is 1.17. The van der Waals surface area contributed by atoms with Gasteiger partial charge in [-0.3, -0.25) is 0 Å². The van der Waals surface area contributed by atoms with Gasteiger partial charge in [-0.1, -0.05) is 131 Å². The molecule has 0 atom stereocenters.